The zero-order chi connectivity index (χ0) is 15.1. The molecule has 0 amide bonds. The molecule has 0 bridgehead atoms. The fourth-order valence-electron chi connectivity index (χ4n) is 3.12. The van der Waals surface area contributed by atoms with Crippen LogP contribution in [0.15, 0.2) is 48.9 Å². The van der Waals surface area contributed by atoms with E-state index in [4.69, 9.17) is 0 Å². The van der Waals surface area contributed by atoms with Gasteiger partial charge in [0, 0.05) is 42.6 Å². The molecule has 3 aromatic rings. The minimum absolute atomic E-state index is 0.252. The van der Waals surface area contributed by atoms with Crippen molar-refractivity contribution in [3.05, 3.63) is 60.0 Å². The fourth-order valence-corrected chi connectivity index (χ4v) is 3.12. The van der Waals surface area contributed by atoms with Gasteiger partial charge in [-0.3, -0.25) is 14.5 Å². The minimum atomic E-state index is 0.252. The molecule has 0 saturated heterocycles. The number of pyridine rings is 1. The normalized spacial score (nSPS) is 13.4. The summed E-state index contributed by atoms with van der Waals surface area (Å²) in [6.45, 7) is 0. The number of carbonyl (C=O) groups is 1. The molecule has 0 saturated carbocycles. The van der Waals surface area contributed by atoms with Crippen molar-refractivity contribution >= 4 is 5.78 Å². The lowest BCUT2D eigenvalue weighted by Crippen LogP contribution is -1.95. The van der Waals surface area contributed by atoms with Crippen LogP contribution in [0.25, 0.3) is 22.4 Å². The topological polar surface area (TPSA) is 47.8 Å². The first-order valence-electron chi connectivity index (χ1n) is 7.33. The summed E-state index contributed by atoms with van der Waals surface area (Å²) in [4.78, 5) is 15.9. The van der Waals surface area contributed by atoms with Gasteiger partial charge in [0.25, 0.3) is 0 Å². The number of benzene rings is 1. The van der Waals surface area contributed by atoms with Crippen molar-refractivity contribution in [2.75, 3.05) is 0 Å². The van der Waals surface area contributed by atoms with Gasteiger partial charge in [0.05, 0.1) is 11.9 Å². The predicted octanol–water partition coefficient (Wildman–Crippen LogP) is 3.28. The fraction of sp³-hybridized carbons (Fsp3) is 0.167. The third-order valence-corrected chi connectivity index (χ3v) is 4.23. The lowest BCUT2D eigenvalue weighted by molar-refractivity contribution is 0.0994. The first-order valence-corrected chi connectivity index (χ1v) is 7.33. The number of aryl methyl sites for hydroxylation is 2. The third-order valence-electron chi connectivity index (χ3n) is 4.23. The second-order valence-corrected chi connectivity index (χ2v) is 5.56. The monoisotopic (exact) mass is 289 g/mol. The number of nitrogens with zero attached hydrogens (tertiary/aromatic N) is 3. The highest BCUT2D eigenvalue weighted by Gasteiger charge is 2.21. The standard InChI is InChI=1S/C18H15N3O/c1-21-18(12-6-8-19-9-7-12)16(11-20-21)14-2-4-15-13(10-14)3-5-17(15)22/h2,4,6-11H,3,5H2,1H3. The molecule has 108 valence electrons. The van der Waals surface area contributed by atoms with Crippen molar-refractivity contribution in [2.45, 2.75) is 12.8 Å². The molecular formula is C18H15N3O. The highest BCUT2D eigenvalue weighted by molar-refractivity contribution is 6.01. The Morgan fingerprint density at radius 1 is 1.00 bits per heavy atom. The number of rotatable bonds is 2. The molecule has 0 spiro atoms. The molecule has 0 atom stereocenters. The first-order chi connectivity index (χ1) is 10.7. The van der Waals surface area contributed by atoms with Crippen LogP contribution in [0.4, 0.5) is 0 Å². The Morgan fingerprint density at radius 3 is 2.64 bits per heavy atom. The molecular weight excluding hydrogens is 274 g/mol. The summed E-state index contributed by atoms with van der Waals surface area (Å²) in [7, 11) is 1.94. The van der Waals surface area contributed by atoms with Gasteiger partial charge in [0.15, 0.2) is 5.78 Å². The molecule has 0 N–H and O–H groups in total. The smallest absolute Gasteiger partial charge is 0.163 e. The van der Waals surface area contributed by atoms with Gasteiger partial charge in [0.2, 0.25) is 0 Å². The number of hydrogen-bond donors (Lipinski definition) is 0. The largest absolute Gasteiger partial charge is 0.294 e. The second kappa shape index (κ2) is 4.91. The maximum absolute atomic E-state index is 11.8. The Hall–Kier alpha value is -2.75. The minimum Gasteiger partial charge on any atom is -0.294 e. The van der Waals surface area contributed by atoms with E-state index in [1.165, 1.54) is 0 Å². The SMILES string of the molecule is Cn1ncc(-c2ccc3c(c2)CCC3=O)c1-c1ccncc1. The van der Waals surface area contributed by atoms with Crippen molar-refractivity contribution in [1.29, 1.82) is 0 Å². The average molecular weight is 289 g/mol. The van der Waals surface area contributed by atoms with Crippen molar-refractivity contribution in [1.82, 2.24) is 14.8 Å². The van der Waals surface area contributed by atoms with Crippen LogP contribution >= 0.6 is 0 Å². The molecule has 2 aromatic heterocycles. The highest BCUT2D eigenvalue weighted by atomic mass is 16.1. The summed E-state index contributed by atoms with van der Waals surface area (Å²) in [5.41, 5.74) is 6.35. The summed E-state index contributed by atoms with van der Waals surface area (Å²) in [6, 6.07) is 10.1. The van der Waals surface area contributed by atoms with Gasteiger partial charge in [-0.15, -0.1) is 0 Å². The number of aromatic nitrogens is 3. The number of hydrogen-bond acceptors (Lipinski definition) is 3. The van der Waals surface area contributed by atoms with E-state index in [9.17, 15) is 4.79 Å². The van der Waals surface area contributed by atoms with Crippen molar-refractivity contribution in [3.8, 4) is 22.4 Å². The molecule has 0 aliphatic heterocycles. The van der Waals surface area contributed by atoms with Gasteiger partial charge in [-0.05, 0) is 29.7 Å². The second-order valence-electron chi connectivity index (χ2n) is 5.56. The molecule has 0 radical (unpaired) electrons. The molecule has 1 aliphatic carbocycles. The zero-order valence-electron chi connectivity index (χ0n) is 12.3. The number of fused-ring (bicyclic) bond motifs is 1. The van der Waals surface area contributed by atoms with Gasteiger partial charge < -0.3 is 0 Å². The van der Waals surface area contributed by atoms with Gasteiger partial charge >= 0.3 is 0 Å². The molecule has 1 aromatic carbocycles. The van der Waals surface area contributed by atoms with Crippen molar-refractivity contribution in [2.24, 2.45) is 7.05 Å². The van der Waals surface area contributed by atoms with Crippen LogP contribution in [0.1, 0.15) is 22.3 Å². The molecule has 2 heterocycles. The summed E-state index contributed by atoms with van der Waals surface area (Å²) in [6.07, 6.45) is 6.92. The Kier molecular flexibility index (Phi) is 2.89. The molecule has 1 aliphatic rings. The van der Waals surface area contributed by atoms with Crippen LogP contribution in [0, 0.1) is 0 Å². The van der Waals surface area contributed by atoms with Gasteiger partial charge in [-0.2, -0.15) is 5.10 Å². The molecule has 0 fully saturated rings. The van der Waals surface area contributed by atoms with Crippen molar-refractivity contribution in [3.63, 3.8) is 0 Å². The zero-order valence-corrected chi connectivity index (χ0v) is 12.3. The van der Waals surface area contributed by atoms with Gasteiger partial charge in [-0.25, -0.2) is 0 Å². The number of Topliss-reactive ketones (excluding diaryl/α,β-unsaturated/α-hetero) is 1. The van der Waals surface area contributed by atoms with E-state index in [0.29, 0.717) is 6.42 Å². The van der Waals surface area contributed by atoms with Crippen LogP contribution < -0.4 is 0 Å². The van der Waals surface area contributed by atoms with E-state index in [-0.39, 0.29) is 5.78 Å². The Balaban J connectivity index is 1.87. The first kappa shape index (κ1) is 13.0. The third kappa shape index (κ3) is 1.96. The Bertz CT molecular complexity index is 865. The number of ketones is 1. The molecule has 4 nitrogen and oxygen atoms in total. The maximum Gasteiger partial charge on any atom is 0.163 e. The van der Waals surface area contributed by atoms with E-state index in [0.717, 1.165) is 39.9 Å². The Morgan fingerprint density at radius 2 is 1.82 bits per heavy atom. The lowest BCUT2D eigenvalue weighted by Gasteiger charge is -2.08. The number of carbonyl (C=O) groups excluding carboxylic acids is 1. The molecule has 0 unspecified atom stereocenters. The quantitative estimate of drug-likeness (QED) is 0.727. The molecule has 22 heavy (non-hydrogen) atoms. The van der Waals surface area contributed by atoms with Crippen LogP contribution in [0.5, 0.6) is 0 Å². The highest BCUT2D eigenvalue weighted by Crippen LogP contribution is 2.34. The summed E-state index contributed by atoms with van der Waals surface area (Å²) < 4.78 is 1.88. The average Bonchev–Trinajstić information content (AvgIpc) is 3.11. The van der Waals surface area contributed by atoms with Crippen LogP contribution in [-0.4, -0.2) is 20.5 Å². The van der Waals surface area contributed by atoms with Crippen molar-refractivity contribution < 1.29 is 4.79 Å². The lowest BCUT2D eigenvalue weighted by atomic mass is 9.98. The summed E-state index contributed by atoms with van der Waals surface area (Å²) in [5, 5.41) is 4.41. The molecule has 4 rings (SSSR count). The van der Waals surface area contributed by atoms with E-state index in [2.05, 4.69) is 16.1 Å². The van der Waals surface area contributed by atoms with Crippen LogP contribution in [-0.2, 0) is 13.5 Å². The Labute approximate surface area is 128 Å². The maximum atomic E-state index is 11.8. The van der Waals surface area contributed by atoms with Gasteiger partial charge in [0.1, 0.15) is 0 Å². The van der Waals surface area contributed by atoms with Crippen LogP contribution in [0.3, 0.4) is 0 Å². The van der Waals surface area contributed by atoms with E-state index in [1.807, 2.05) is 42.2 Å². The van der Waals surface area contributed by atoms with Crippen LogP contribution in [0.2, 0.25) is 0 Å². The van der Waals surface area contributed by atoms with E-state index < -0.39 is 0 Å². The van der Waals surface area contributed by atoms with E-state index in [1.54, 1.807) is 12.4 Å². The molecule has 4 heteroatoms. The van der Waals surface area contributed by atoms with Gasteiger partial charge in [-0.1, -0.05) is 18.2 Å². The van der Waals surface area contributed by atoms with E-state index >= 15 is 0 Å². The predicted molar refractivity (Wildman–Crippen MR) is 84.5 cm³/mol. The summed E-state index contributed by atoms with van der Waals surface area (Å²) >= 11 is 0. The summed E-state index contributed by atoms with van der Waals surface area (Å²) in [5.74, 6) is 0.252.